The Balaban J connectivity index is 2.47. The molecular weight excluding hydrogens is 236 g/mol. The first-order chi connectivity index (χ1) is 7.54. The number of nitrogens with zero attached hydrogens (tertiary/aromatic N) is 2. The van der Waals surface area contributed by atoms with Gasteiger partial charge in [0.05, 0.1) is 0 Å². The van der Waals surface area contributed by atoms with E-state index in [1.54, 1.807) is 11.8 Å². The van der Waals surface area contributed by atoms with Crippen LogP contribution in [0.25, 0.3) is 0 Å². The zero-order valence-corrected chi connectivity index (χ0v) is 11.2. The minimum absolute atomic E-state index is 0.151. The Morgan fingerprint density at radius 1 is 1.25 bits per heavy atom. The first-order valence-electron chi connectivity index (χ1n) is 5.09. The van der Waals surface area contributed by atoms with Gasteiger partial charge in [0.25, 0.3) is 0 Å². The molecular formula is C12H14N2S2. The van der Waals surface area contributed by atoms with Gasteiger partial charge in [0.1, 0.15) is 10.6 Å². The van der Waals surface area contributed by atoms with Crippen molar-refractivity contribution in [2.24, 2.45) is 4.99 Å². The van der Waals surface area contributed by atoms with Crippen LogP contribution in [0.5, 0.6) is 0 Å². The summed E-state index contributed by atoms with van der Waals surface area (Å²) in [6.45, 7) is 2.17. The van der Waals surface area contributed by atoms with Crippen molar-refractivity contribution in [3.8, 4) is 0 Å². The van der Waals surface area contributed by atoms with Crippen molar-refractivity contribution in [3.63, 3.8) is 0 Å². The summed E-state index contributed by atoms with van der Waals surface area (Å²) in [7, 11) is 4.02. The topological polar surface area (TPSA) is 15.6 Å². The molecule has 16 heavy (non-hydrogen) atoms. The third-order valence-electron chi connectivity index (χ3n) is 2.66. The van der Waals surface area contributed by atoms with Crippen LogP contribution in [0.2, 0.25) is 0 Å². The Morgan fingerprint density at radius 2 is 1.88 bits per heavy atom. The molecule has 0 spiro atoms. The van der Waals surface area contributed by atoms with Crippen LogP contribution in [-0.4, -0.2) is 29.2 Å². The molecule has 1 aromatic carbocycles. The third kappa shape index (κ3) is 1.87. The number of amidine groups is 1. The monoisotopic (exact) mass is 250 g/mol. The standard InChI is InChI=1S/C12H14N2S2/c1-12(9-7-5-4-6-8-9)10(14(2)3)13-11(15)16-12/h4-8H,1-3H3. The Hall–Kier alpha value is -0.870. The fraction of sp³-hybridized carbons (Fsp3) is 0.333. The molecule has 1 heterocycles. The number of hydrogen-bond acceptors (Lipinski definition) is 3. The summed E-state index contributed by atoms with van der Waals surface area (Å²) in [5.41, 5.74) is 1.24. The second-order valence-corrected chi connectivity index (χ2v) is 6.15. The SMILES string of the molecule is CN(C)C1=NC(=S)SC1(C)c1ccccc1. The lowest BCUT2D eigenvalue weighted by atomic mass is 9.98. The van der Waals surface area contributed by atoms with Crippen LogP contribution in [-0.2, 0) is 4.75 Å². The molecule has 0 N–H and O–H groups in total. The van der Waals surface area contributed by atoms with Crippen LogP contribution >= 0.6 is 24.0 Å². The highest BCUT2D eigenvalue weighted by molar-refractivity contribution is 8.24. The summed E-state index contributed by atoms with van der Waals surface area (Å²) in [6.07, 6.45) is 0. The molecule has 2 nitrogen and oxygen atoms in total. The van der Waals surface area contributed by atoms with Gasteiger partial charge in [-0.25, -0.2) is 4.99 Å². The molecule has 2 rings (SSSR count). The quantitative estimate of drug-likeness (QED) is 0.713. The average molecular weight is 250 g/mol. The summed E-state index contributed by atoms with van der Waals surface area (Å²) in [6, 6.07) is 10.4. The second-order valence-electron chi connectivity index (χ2n) is 4.10. The number of thioether (sulfide) groups is 1. The highest BCUT2D eigenvalue weighted by Gasteiger charge is 2.40. The van der Waals surface area contributed by atoms with Gasteiger partial charge in [-0.2, -0.15) is 0 Å². The third-order valence-corrected chi connectivity index (χ3v) is 4.10. The van der Waals surface area contributed by atoms with Crippen LogP contribution in [0.1, 0.15) is 12.5 Å². The largest absolute Gasteiger partial charge is 0.365 e. The first kappa shape index (κ1) is 11.6. The zero-order chi connectivity index (χ0) is 11.8. The van der Waals surface area contributed by atoms with Gasteiger partial charge in [-0.3, -0.25) is 0 Å². The van der Waals surface area contributed by atoms with Gasteiger partial charge in [0.15, 0.2) is 4.32 Å². The molecule has 4 heteroatoms. The van der Waals surface area contributed by atoms with Crippen molar-refractivity contribution < 1.29 is 0 Å². The van der Waals surface area contributed by atoms with E-state index < -0.39 is 0 Å². The lowest BCUT2D eigenvalue weighted by Crippen LogP contribution is -2.36. The van der Waals surface area contributed by atoms with E-state index in [1.165, 1.54) is 5.56 Å². The van der Waals surface area contributed by atoms with Crippen molar-refractivity contribution in [3.05, 3.63) is 35.9 Å². The van der Waals surface area contributed by atoms with Gasteiger partial charge >= 0.3 is 0 Å². The molecule has 0 bridgehead atoms. The van der Waals surface area contributed by atoms with E-state index in [4.69, 9.17) is 12.2 Å². The van der Waals surface area contributed by atoms with Crippen LogP contribution in [0.4, 0.5) is 0 Å². The Kier molecular flexibility index (Phi) is 3.04. The Bertz CT molecular complexity index is 440. The van der Waals surface area contributed by atoms with E-state index in [0.717, 1.165) is 10.2 Å². The van der Waals surface area contributed by atoms with E-state index in [-0.39, 0.29) is 4.75 Å². The number of aliphatic imine (C=N–C) groups is 1. The van der Waals surface area contributed by atoms with Crippen LogP contribution in [0.15, 0.2) is 35.3 Å². The molecule has 0 saturated carbocycles. The van der Waals surface area contributed by atoms with E-state index >= 15 is 0 Å². The smallest absolute Gasteiger partial charge is 0.163 e. The molecule has 0 saturated heterocycles. The van der Waals surface area contributed by atoms with E-state index in [1.807, 2.05) is 25.1 Å². The molecule has 0 amide bonds. The summed E-state index contributed by atoms with van der Waals surface area (Å²) in [4.78, 5) is 6.50. The van der Waals surface area contributed by atoms with Gasteiger partial charge in [-0.05, 0) is 12.5 Å². The van der Waals surface area contributed by atoms with Gasteiger partial charge in [-0.1, -0.05) is 54.3 Å². The van der Waals surface area contributed by atoms with Crippen LogP contribution in [0.3, 0.4) is 0 Å². The Labute approximate surface area is 106 Å². The first-order valence-corrected chi connectivity index (χ1v) is 6.31. The molecule has 1 aliphatic rings. The minimum Gasteiger partial charge on any atom is -0.365 e. The van der Waals surface area contributed by atoms with E-state index in [9.17, 15) is 0 Å². The number of thiocarbonyl (C=S) groups is 1. The molecule has 1 atom stereocenters. The summed E-state index contributed by atoms with van der Waals surface area (Å²) >= 11 is 6.86. The second kappa shape index (κ2) is 4.18. The molecule has 84 valence electrons. The predicted octanol–water partition coefficient (Wildman–Crippen LogP) is 2.89. The maximum atomic E-state index is 5.21. The summed E-state index contributed by atoms with van der Waals surface area (Å²) in [5, 5.41) is 0. The average Bonchev–Trinajstić information content (AvgIpc) is 2.57. The number of benzene rings is 1. The van der Waals surface area contributed by atoms with Gasteiger partial charge < -0.3 is 4.90 Å². The normalized spacial score (nSPS) is 24.4. The molecule has 1 aliphatic heterocycles. The van der Waals surface area contributed by atoms with Crippen molar-refractivity contribution in [1.82, 2.24) is 4.90 Å². The minimum atomic E-state index is -0.151. The predicted molar refractivity (Wildman–Crippen MR) is 75.1 cm³/mol. The molecule has 0 aromatic heterocycles. The highest BCUT2D eigenvalue weighted by Crippen LogP contribution is 2.43. The van der Waals surface area contributed by atoms with E-state index in [0.29, 0.717) is 0 Å². The fourth-order valence-corrected chi connectivity index (χ4v) is 3.55. The molecule has 1 aromatic rings. The van der Waals surface area contributed by atoms with Gasteiger partial charge in [-0.15, -0.1) is 0 Å². The summed E-state index contributed by atoms with van der Waals surface area (Å²) in [5.74, 6) is 1.02. The van der Waals surface area contributed by atoms with E-state index in [2.05, 4.69) is 36.2 Å². The van der Waals surface area contributed by atoms with Crippen LogP contribution in [0, 0.1) is 0 Å². The molecule has 0 fully saturated rings. The molecule has 1 unspecified atom stereocenters. The summed E-state index contributed by atoms with van der Waals surface area (Å²) < 4.78 is 0.567. The maximum absolute atomic E-state index is 5.21. The van der Waals surface area contributed by atoms with Crippen LogP contribution < -0.4 is 0 Å². The molecule has 0 aliphatic carbocycles. The number of rotatable bonds is 1. The highest BCUT2D eigenvalue weighted by atomic mass is 32.2. The Morgan fingerprint density at radius 3 is 2.44 bits per heavy atom. The lowest BCUT2D eigenvalue weighted by molar-refractivity contribution is 0.587. The van der Waals surface area contributed by atoms with Crippen molar-refractivity contribution >= 4 is 34.1 Å². The maximum Gasteiger partial charge on any atom is 0.163 e. The fourth-order valence-electron chi connectivity index (χ4n) is 1.91. The van der Waals surface area contributed by atoms with Crippen molar-refractivity contribution in [2.75, 3.05) is 14.1 Å². The van der Waals surface area contributed by atoms with Gasteiger partial charge in [0.2, 0.25) is 0 Å². The number of hydrogen-bond donors (Lipinski definition) is 0. The van der Waals surface area contributed by atoms with Crippen molar-refractivity contribution in [1.29, 1.82) is 0 Å². The van der Waals surface area contributed by atoms with Crippen molar-refractivity contribution in [2.45, 2.75) is 11.7 Å². The lowest BCUT2D eigenvalue weighted by Gasteiger charge is -2.29. The zero-order valence-electron chi connectivity index (χ0n) is 9.60. The molecule has 0 radical (unpaired) electrons. The number of likely N-dealkylation sites (N-methyl/N-ethyl adjacent to an activating group) is 1. The van der Waals surface area contributed by atoms with Gasteiger partial charge in [0, 0.05) is 14.1 Å².